The molecule has 1 aliphatic heterocycles. The van der Waals surface area contributed by atoms with Crippen molar-refractivity contribution >= 4 is 11.7 Å². The second-order valence-corrected chi connectivity index (χ2v) is 5.80. The molecule has 0 saturated carbocycles. The summed E-state index contributed by atoms with van der Waals surface area (Å²) in [5, 5.41) is 2.99. The Morgan fingerprint density at radius 1 is 1.25 bits per heavy atom. The van der Waals surface area contributed by atoms with Gasteiger partial charge in [-0.3, -0.25) is 0 Å². The minimum Gasteiger partial charge on any atom is -0.332 e. The van der Waals surface area contributed by atoms with E-state index in [2.05, 4.69) is 38.2 Å². The van der Waals surface area contributed by atoms with Crippen LogP contribution in [0.3, 0.4) is 0 Å². The van der Waals surface area contributed by atoms with E-state index in [1.54, 1.807) is 4.90 Å². The number of hydrogen-bond donors (Lipinski definition) is 2. The second-order valence-electron chi connectivity index (χ2n) is 5.80. The molecule has 1 aromatic carbocycles. The molecule has 0 aliphatic carbocycles. The molecule has 2 amide bonds. The van der Waals surface area contributed by atoms with Crippen LogP contribution < -0.4 is 10.2 Å². The van der Waals surface area contributed by atoms with Crippen LogP contribution in [0.25, 0.3) is 0 Å². The zero-order chi connectivity index (χ0) is 14.5. The van der Waals surface area contributed by atoms with E-state index in [-0.39, 0.29) is 6.03 Å². The minimum absolute atomic E-state index is 0.0254. The van der Waals surface area contributed by atoms with Crippen molar-refractivity contribution in [1.82, 2.24) is 4.90 Å². The molecule has 0 atom stereocenters. The number of urea groups is 1. The molecule has 2 N–H and O–H groups in total. The molecular formula is C16H26N3O+. The van der Waals surface area contributed by atoms with Gasteiger partial charge in [-0.15, -0.1) is 0 Å². The van der Waals surface area contributed by atoms with Crippen molar-refractivity contribution in [3.8, 4) is 0 Å². The number of benzene rings is 1. The molecule has 4 nitrogen and oxygen atoms in total. The zero-order valence-corrected chi connectivity index (χ0v) is 12.8. The van der Waals surface area contributed by atoms with Gasteiger partial charge in [-0.2, -0.15) is 0 Å². The highest BCUT2D eigenvalue weighted by Gasteiger charge is 2.22. The van der Waals surface area contributed by atoms with Gasteiger partial charge in [-0.05, 0) is 30.5 Å². The van der Waals surface area contributed by atoms with Crippen molar-refractivity contribution in [2.75, 3.05) is 38.0 Å². The smallest absolute Gasteiger partial charge is 0.322 e. The van der Waals surface area contributed by atoms with Crippen LogP contribution in [-0.2, 0) is 0 Å². The summed E-state index contributed by atoms with van der Waals surface area (Å²) in [6, 6.07) is 8.16. The third kappa shape index (κ3) is 3.73. The molecule has 1 heterocycles. The molecule has 0 radical (unpaired) electrons. The number of hydrogen-bond acceptors (Lipinski definition) is 1. The Hall–Kier alpha value is -1.55. The average molecular weight is 276 g/mol. The average Bonchev–Trinajstić information content (AvgIpc) is 2.48. The molecule has 0 unspecified atom stereocenters. The van der Waals surface area contributed by atoms with Gasteiger partial charge in [0.05, 0.1) is 32.7 Å². The standard InChI is InChI=1S/C16H25N3O/c1-4-18-9-11-19(12-10-18)16(20)17-15-7-5-14(6-8-15)13(2)3/h5-8,13H,4,9-12H2,1-3H3,(H,17,20)/p+1. The van der Waals surface area contributed by atoms with Crippen molar-refractivity contribution in [1.29, 1.82) is 0 Å². The molecule has 1 saturated heterocycles. The fourth-order valence-corrected chi connectivity index (χ4v) is 2.53. The highest BCUT2D eigenvalue weighted by molar-refractivity contribution is 5.89. The van der Waals surface area contributed by atoms with Gasteiger partial charge in [0, 0.05) is 5.69 Å². The van der Waals surface area contributed by atoms with Gasteiger partial charge in [0.2, 0.25) is 0 Å². The van der Waals surface area contributed by atoms with Crippen LogP contribution in [0.1, 0.15) is 32.3 Å². The second kappa shape index (κ2) is 6.75. The molecular weight excluding hydrogens is 250 g/mol. The van der Waals surface area contributed by atoms with Gasteiger partial charge < -0.3 is 15.1 Å². The number of piperazine rings is 1. The highest BCUT2D eigenvalue weighted by Crippen LogP contribution is 2.17. The summed E-state index contributed by atoms with van der Waals surface area (Å²) in [5.74, 6) is 0.518. The molecule has 2 rings (SSSR count). The first-order valence-corrected chi connectivity index (χ1v) is 7.59. The van der Waals surface area contributed by atoms with E-state index in [1.807, 2.05) is 17.0 Å². The number of anilines is 1. The highest BCUT2D eigenvalue weighted by atomic mass is 16.2. The Bertz CT molecular complexity index is 434. The lowest BCUT2D eigenvalue weighted by Crippen LogP contribution is -3.14. The van der Waals surface area contributed by atoms with Gasteiger partial charge in [0.25, 0.3) is 0 Å². The Balaban J connectivity index is 1.88. The first kappa shape index (κ1) is 14.9. The van der Waals surface area contributed by atoms with Gasteiger partial charge in [0.1, 0.15) is 0 Å². The third-order valence-electron chi connectivity index (χ3n) is 4.09. The van der Waals surface area contributed by atoms with Crippen LogP contribution in [0.2, 0.25) is 0 Å². The van der Waals surface area contributed by atoms with Gasteiger partial charge in [-0.25, -0.2) is 4.79 Å². The first-order chi connectivity index (χ1) is 9.60. The Kier molecular flexibility index (Phi) is 5.01. The topological polar surface area (TPSA) is 36.8 Å². The van der Waals surface area contributed by atoms with E-state index in [0.717, 1.165) is 38.4 Å². The van der Waals surface area contributed by atoms with Crippen LogP contribution in [0.15, 0.2) is 24.3 Å². The van der Waals surface area contributed by atoms with E-state index in [9.17, 15) is 4.79 Å². The summed E-state index contributed by atoms with van der Waals surface area (Å²) in [6.07, 6.45) is 0. The van der Waals surface area contributed by atoms with Crippen molar-refractivity contribution in [3.63, 3.8) is 0 Å². The van der Waals surface area contributed by atoms with Crippen molar-refractivity contribution < 1.29 is 9.69 Å². The maximum Gasteiger partial charge on any atom is 0.322 e. The monoisotopic (exact) mass is 276 g/mol. The Morgan fingerprint density at radius 3 is 2.35 bits per heavy atom. The number of quaternary nitrogens is 1. The largest absolute Gasteiger partial charge is 0.332 e. The molecule has 1 aliphatic rings. The number of rotatable bonds is 3. The van der Waals surface area contributed by atoms with Crippen LogP contribution in [0, 0.1) is 0 Å². The summed E-state index contributed by atoms with van der Waals surface area (Å²) in [6.45, 7) is 11.5. The maximum atomic E-state index is 12.2. The fourth-order valence-electron chi connectivity index (χ4n) is 2.53. The lowest BCUT2D eigenvalue weighted by Gasteiger charge is -2.31. The summed E-state index contributed by atoms with van der Waals surface area (Å²) < 4.78 is 0. The van der Waals surface area contributed by atoms with E-state index >= 15 is 0 Å². The Labute approximate surface area is 121 Å². The predicted octanol–water partition coefficient (Wildman–Crippen LogP) is 1.56. The normalized spacial score (nSPS) is 16.5. The van der Waals surface area contributed by atoms with Crippen LogP contribution in [0.5, 0.6) is 0 Å². The zero-order valence-electron chi connectivity index (χ0n) is 12.8. The van der Waals surface area contributed by atoms with Crippen LogP contribution in [0.4, 0.5) is 10.5 Å². The molecule has 4 heteroatoms. The lowest BCUT2D eigenvalue weighted by atomic mass is 10.0. The van der Waals surface area contributed by atoms with Crippen molar-refractivity contribution in [2.45, 2.75) is 26.7 Å². The summed E-state index contributed by atoms with van der Waals surface area (Å²) in [7, 11) is 0. The SMILES string of the molecule is CC[NH+]1CCN(C(=O)Nc2ccc(C(C)C)cc2)CC1. The molecule has 0 aromatic heterocycles. The number of carbonyl (C=O) groups excluding carboxylic acids is 1. The number of nitrogens with zero attached hydrogens (tertiary/aromatic N) is 1. The van der Waals surface area contributed by atoms with E-state index in [0.29, 0.717) is 5.92 Å². The maximum absolute atomic E-state index is 12.2. The van der Waals surface area contributed by atoms with Crippen molar-refractivity contribution in [3.05, 3.63) is 29.8 Å². The van der Waals surface area contributed by atoms with Crippen molar-refractivity contribution in [2.24, 2.45) is 0 Å². The Morgan fingerprint density at radius 2 is 1.85 bits per heavy atom. The molecule has 110 valence electrons. The predicted molar refractivity (Wildman–Crippen MR) is 82.4 cm³/mol. The molecule has 1 aromatic rings. The van der Waals surface area contributed by atoms with Crippen LogP contribution in [-0.4, -0.2) is 43.7 Å². The first-order valence-electron chi connectivity index (χ1n) is 7.59. The number of likely N-dealkylation sites (N-methyl/N-ethyl adjacent to an activating group) is 1. The van der Waals surface area contributed by atoms with Crippen LogP contribution >= 0.6 is 0 Å². The summed E-state index contributed by atoms with van der Waals surface area (Å²) >= 11 is 0. The lowest BCUT2D eigenvalue weighted by molar-refractivity contribution is -0.902. The van der Waals surface area contributed by atoms with E-state index in [1.165, 1.54) is 5.56 Å². The molecule has 0 spiro atoms. The van der Waals surface area contributed by atoms with Gasteiger partial charge in [-0.1, -0.05) is 26.0 Å². The van der Waals surface area contributed by atoms with Gasteiger partial charge in [0.15, 0.2) is 0 Å². The van der Waals surface area contributed by atoms with E-state index < -0.39 is 0 Å². The summed E-state index contributed by atoms with van der Waals surface area (Å²) in [5.41, 5.74) is 2.17. The number of amides is 2. The quantitative estimate of drug-likeness (QED) is 0.864. The fraction of sp³-hybridized carbons (Fsp3) is 0.562. The van der Waals surface area contributed by atoms with Gasteiger partial charge >= 0.3 is 6.03 Å². The van der Waals surface area contributed by atoms with E-state index in [4.69, 9.17) is 0 Å². The minimum atomic E-state index is 0.0254. The molecule has 0 bridgehead atoms. The third-order valence-corrected chi connectivity index (χ3v) is 4.09. The summed E-state index contributed by atoms with van der Waals surface area (Å²) in [4.78, 5) is 15.7. The molecule has 20 heavy (non-hydrogen) atoms. The molecule has 1 fully saturated rings. The number of carbonyl (C=O) groups is 1. The number of nitrogens with one attached hydrogen (secondary N) is 2.